The molecule has 26 heavy (non-hydrogen) atoms. The van der Waals surface area contributed by atoms with Gasteiger partial charge in [0.05, 0.1) is 29.1 Å². The van der Waals surface area contributed by atoms with Gasteiger partial charge >= 0.3 is 0 Å². The topological polar surface area (TPSA) is 79.2 Å². The molecule has 2 bridgehead atoms. The van der Waals surface area contributed by atoms with Gasteiger partial charge in [0.25, 0.3) is 11.8 Å². The number of rotatable bonds is 4. The van der Waals surface area contributed by atoms with Crippen LogP contribution in [-0.2, 0) is 9.59 Å². The van der Waals surface area contributed by atoms with Gasteiger partial charge in [-0.05, 0) is 65.2 Å². The molecule has 1 heterocycles. The molecule has 0 spiro atoms. The number of carbonyl (C=O) groups is 2. The number of imide groups is 1. The highest BCUT2D eigenvalue weighted by molar-refractivity contribution is 9.10. The summed E-state index contributed by atoms with van der Waals surface area (Å²) in [6.07, 6.45) is 7.54. The van der Waals surface area contributed by atoms with E-state index in [2.05, 4.69) is 33.2 Å². The van der Waals surface area contributed by atoms with Crippen LogP contribution in [0.2, 0.25) is 0 Å². The molecule has 0 radical (unpaired) electrons. The second kappa shape index (κ2) is 6.54. The largest absolute Gasteiger partial charge is 0.503 e. The number of halogens is 1. The Hall–Kier alpha value is -2.15. The number of allylic oxidation sites excluding steroid dienone is 2. The minimum absolute atomic E-state index is 0.00555. The number of fused-ring (bicyclic) bond motifs is 1. The van der Waals surface area contributed by atoms with Crippen LogP contribution in [0.1, 0.15) is 25.3 Å². The molecule has 1 saturated carbocycles. The number of phenols is 1. The van der Waals surface area contributed by atoms with E-state index in [1.54, 1.807) is 12.1 Å². The lowest BCUT2D eigenvalue weighted by Gasteiger charge is -2.37. The Morgan fingerprint density at radius 3 is 2.38 bits per heavy atom. The molecule has 1 aromatic carbocycles. The van der Waals surface area contributed by atoms with Crippen molar-refractivity contribution in [2.24, 2.45) is 28.8 Å². The van der Waals surface area contributed by atoms with Gasteiger partial charge in [0.1, 0.15) is 0 Å². The second-order valence-electron chi connectivity index (χ2n) is 6.86. The molecule has 2 amide bonds. The Morgan fingerprint density at radius 2 is 1.85 bits per heavy atom. The lowest BCUT2D eigenvalue weighted by atomic mass is 9.63. The highest BCUT2D eigenvalue weighted by Crippen LogP contribution is 2.49. The number of carbonyl (C=O) groups excluding carboxylic acids is 2. The van der Waals surface area contributed by atoms with E-state index in [1.807, 2.05) is 6.92 Å². The Morgan fingerprint density at radius 1 is 1.23 bits per heavy atom. The van der Waals surface area contributed by atoms with Gasteiger partial charge in [-0.1, -0.05) is 12.2 Å². The van der Waals surface area contributed by atoms with Crippen LogP contribution in [0.15, 0.2) is 33.9 Å². The predicted molar refractivity (Wildman–Crippen MR) is 98.8 cm³/mol. The summed E-state index contributed by atoms with van der Waals surface area (Å²) in [5.41, 5.74) is 0.620. The summed E-state index contributed by atoms with van der Waals surface area (Å²) >= 11 is 3.27. The van der Waals surface area contributed by atoms with Gasteiger partial charge < -0.3 is 9.84 Å². The standard InChI is InChI=1S/C19H19BrN2O4/c1-2-26-14-8-10(7-13(20)17(14)23)9-21-22-18(24)15-11-3-4-12(6-5-11)16(15)19(22)25/h3-4,7-9,11-12,15-16,23H,2,5-6H2,1H3/b21-9-/t11-,12-,15-,16+/m1/s1. The first-order chi connectivity index (χ1) is 12.5. The van der Waals surface area contributed by atoms with E-state index in [4.69, 9.17) is 4.74 Å². The van der Waals surface area contributed by atoms with E-state index in [1.165, 1.54) is 6.21 Å². The van der Waals surface area contributed by atoms with Gasteiger partial charge in [-0.3, -0.25) is 9.59 Å². The molecule has 2 fully saturated rings. The van der Waals surface area contributed by atoms with Gasteiger partial charge in [-0.15, -0.1) is 0 Å². The third kappa shape index (κ3) is 2.65. The lowest BCUT2D eigenvalue weighted by Crippen LogP contribution is -2.38. The third-order valence-electron chi connectivity index (χ3n) is 5.41. The summed E-state index contributed by atoms with van der Waals surface area (Å²) in [6.45, 7) is 2.22. The molecule has 4 aliphatic rings. The zero-order valence-electron chi connectivity index (χ0n) is 14.3. The van der Waals surface area contributed by atoms with Crippen LogP contribution in [0.4, 0.5) is 0 Å². The minimum atomic E-state index is -0.270. The van der Waals surface area contributed by atoms with Crippen molar-refractivity contribution >= 4 is 34.0 Å². The highest BCUT2D eigenvalue weighted by atomic mass is 79.9. The molecule has 0 aromatic heterocycles. The zero-order valence-corrected chi connectivity index (χ0v) is 15.8. The average Bonchev–Trinajstić information content (AvgIpc) is 2.91. The van der Waals surface area contributed by atoms with Crippen LogP contribution < -0.4 is 4.74 Å². The molecule has 1 saturated heterocycles. The number of aromatic hydroxyl groups is 1. The van der Waals surface area contributed by atoms with E-state index in [0.717, 1.165) is 17.9 Å². The Kier molecular flexibility index (Phi) is 4.34. The monoisotopic (exact) mass is 418 g/mol. The highest BCUT2D eigenvalue weighted by Gasteiger charge is 2.56. The molecule has 1 aromatic rings. The number of amides is 2. The SMILES string of the molecule is CCOc1cc(/C=N\N2C(=O)[C@@H]3[C@H](C2=O)[C@@H]2C=C[C@@H]3CC2)cc(Br)c1O. The number of hydrogen-bond donors (Lipinski definition) is 1. The molecule has 0 unspecified atom stereocenters. The van der Waals surface area contributed by atoms with E-state index in [0.29, 0.717) is 22.4 Å². The number of ether oxygens (including phenoxy) is 1. The fraction of sp³-hybridized carbons (Fsp3) is 0.421. The van der Waals surface area contributed by atoms with Gasteiger partial charge in [0, 0.05) is 0 Å². The summed E-state index contributed by atoms with van der Waals surface area (Å²) in [7, 11) is 0. The molecule has 5 rings (SSSR count). The van der Waals surface area contributed by atoms with Crippen molar-refractivity contribution in [3.63, 3.8) is 0 Å². The van der Waals surface area contributed by atoms with Crippen LogP contribution >= 0.6 is 15.9 Å². The molecule has 1 aliphatic heterocycles. The summed E-state index contributed by atoms with van der Waals surface area (Å²) < 4.78 is 5.85. The van der Waals surface area contributed by atoms with Crippen molar-refractivity contribution < 1.29 is 19.4 Å². The Bertz CT molecular complexity index is 803. The second-order valence-corrected chi connectivity index (χ2v) is 7.71. The summed E-state index contributed by atoms with van der Waals surface area (Å²) in [5.74, 6) is -0.341. The maximum atomic E-state index is 12.7. The van der Waals surface area contributed by atoms with Crippen molar-refractivity contribution in [3.8, 4) is 11.5 Å². The lowest BCUT2D eigenvalue weighted by molar-refractivity contribution is -0.140. The zero-order chi connectivity index (χ0) is 18.4. The van der Waals surface area contributed by atoms with E-state index in [9.17, 15) is 14.7 Å². The van der Waals surface area contributed by atoms with Crippen LogP contribution in [0.3, 0.4) is 0 Å². The quantitative estimate of drug-likeness (QED) is 0.462. The van der Waals surface area contributed by atoms with Crippen LogP contribution in [-0.4, -0.2) is 34.8 Å². The first-order valence-corrected chi connectivity index (χ1v) is 9.56. The number of phenolic OH excluding ortho intramolecular Hbond substituents is 1. The minimum Gasteiger partial charge on any atom is -0.503 e. The average molecular weight is 419 g/mol. The van der Waals surface area contributed by atoms with Crippen molar-refractivity contribution in [2.45, 2.75) is 19.8 Å². The van der Waals surface area contributed by atoms with Crippen molar-refractivity contribution in [2.75, 3.05) is 6.61 Å². The normalized spacial score (nSPS) is 29.7. The van der Waals surface area contributed by atoms with Crippen LogP contribution in [0, 0.1) is 23.7 Å². The summed E-state index contributed by atoms with van der Waals surface area (Å²) in [5, 5.41) is 15.2. The van der Waals surface area contributed by atoms with Crippen LogP contribution in [0.25, 0.3) is 0 Å². The van der Waals surface area contributed by atoms with Gasteiger partial charge in [-0.2, -0.15) is 10.1 Å². The molecule has 136 valence electrons. The number of hydrogen-bond acceptors (Lipinski definition) is 5. The van der Waals surface area contributed by atoms with Gasteiger partial charge in [0.15, 0.2) is 11.5 Å². The van der Waals surface area contributed by atoms with Crippen molar-refractivity contribution in [1.29, 1.82) is 0 Å². The van der Waals surface area contributed by atoms with Crippen LogP contribution in [0.5, 0.6) is 11.5 Å². The smallest absolute Gasteiger partial charge is 0.254 e. The fourth-order valence-electron chi connectivity index (χ4n) is 4.23. The third-order valence-corrected chi connectivity index (χ3v) is 6.01. The molecule has 6 nitrogen and oxygen atoms in total. The van der Waals surface area contributed by atoms with Gasteiger partial charge in [0.2, 0.25) is 0 Å². The first kappa shape index (κ1) is 17.3. The maximum absolute atomic E-state index is 12.7. The van der Waals surface area contributed by atoms with E-state index < -0.39 is 0 Å². The Balaban J connectivity index is 1.60. The maximum Gasteiger partial charge on any atom is 0.254 e. The van der Waals surface area contributed by atoms with E-state index >= 15 is 0 Å². The van der Waals surface area contributed by atoms with E-state index in [-0.39, 0.29) is 41.2 Å². The van der Waals surface area contributed by atoms with Crippen molar-refractivity contribution in [1.82, 2.24) is 5.01 Å². The molecule has 7 heteroatoms. The van der Waals surface area contributed by atoms with Gasteiger partial charge in [-0.25, -0.2) is 0 Å². The molecular formula is C19H19BrN2O4. The first-order valence-electron chi connectivity index (χ1n) is 8.76. The predicted octanol–water partition coefficient (Wildman–Crippen LogP) is 3.08. The van der Waals surface area contributed by atoms with Crippen molar-refractivity contribution in [3.05, 3.63) is 34.3 Å². The number of hydrazone groups is 1. The Labute approximate surface area is 159 Å². The summed E-state index contributed by atoms with van der Waals surface area (Å²) in [6, 6.07) is 3.28. The molecule has 4 atom stereocenters. The number of nitrogens with zero attached hydrogens (tertiary/aromatic N) is 2. The molecule has 1 N–H and O–H groups in total. The fourth-order valence-corrected chi connectivity index (χ4v) is 4.69. The number of benzene rings is 1. The molecular weight excluding hydrogens is 400 g/mol. The molecule has 3 aliphatic carbocycles. The summed E-state index contributed by atoms with van der Waals surface area (Å²) in [4.78, 5) is 25.5.